The second-order valence-electron chi connectivity index (χ2n) is 9.68. The molecule has 0 aromatic heterocycles. The Morgan fingerprint density at radius 1 is 1.00 bits per heavy atom. The number of carbonyl (C=O) groups is 1. The number of hydrogen-bond acceptors (Lipinski definition) is 4. The van der Waals surface area contributed by atoms with Crippen LogP contribution < -0.4 is 9.64 Å². The molecule has 0 aliphatic carbocycles. The van der Waals surface area contributed by atoms with Gasteiger partial charge in [-0.3, -0.25) is 4.21 Å². The number of unbranched alkanes of at least 4 members (excludes halogenated alkanes) is 2. The number of methoxy groups -OCH3 is 1. The zero-order chi connectivity index (χ0) is 24.5. The third kappa shape index (κ3) is 7.43. The van der Waals surface area contributed by atoms with Crippen molar-refractivity contribution in [2.45, 2.75) is 63.7 Å². The van der Waals surface area contributed by atoms with Gasteiger partial charge in [-0.1, -0.05) is 61.6 Å². The van der Waals surface area contributed by atoms with Gasteiger partial charge in [-0.15, -0.1) is 0 Å². The highest BCUT2D eigenvalue weighted by molar-refractivity contribution is 8.02. The molecular weight excluding hydrogens is 430 g/mol. The third-order valence-corrected chi connectivity index (χ3v) is 9.25. The number of benzene rings is 2. The van der Waals surface area contributed by atoms with Gasteiger partial charge in [0, 0.05) is 35.8 Å². The van der Waals surface area contributed by atoms with E-state index < -0.39 is 15.3 Å². The van der Waals surface area contributed by atoms with E-state index in [9.17, 15) is 9.00 Å². The molecule has 0 fully saturated rings. The van der Waals surface area contributed by atoms with E-state index in [4.69, 9.17) is 4.74 Å². The molecule has 0 amide bonds. The maximum absolute atomic E-state index is 14.3. The molecule has 0 heterocycles. The average molecular weight is 474 g/mol. The predicted octanol–water partition coefficient (Wildman–Crippen LogP) is 5.92. The molecular formula is C28H43NO3S. The standard InChI is InChI=1S/C28H43NO3S/c1-7-9-17-28(21-30,18-10-8-2)22-33(6,31)27-16-13-25(29(3)4)20-24(27)19-23-11-14-26(32-5)15-12-23/h11-16,20-21,33H,7-10,17-19,22H2,1-6H3. The Morgan fingerprint density at radius 2 is 1.61 bits per heavy atom. The van der Waals surface area contributed by atoms with Gasteiger partial charge in [0.05, 0.1) is 7.11 Å². The number of ether oxygens (including phenoxy) is 1. The van der Waals surface area contributed by atoms with Crippen LogP contribution in [0.4, 0.5) is 5.69 Å². The summed E-state index contributed by atoms with van der Waals surface area (Å²) >= 11 is 0. The molecule has 2 aromatic rings. The molecule has 0 aliphatic heterocycles. The Morgan fingerprint density at radius 3 is 2.09 bits per heavy atom. The third-order valence-electron chi connectivity index (χ3n) is 6.57. The smallest absolute Gasteiger partial charge is 0.126 e. The minimum Gasteiger partial charge on any atom is -0.497 e. The van der Waals surface area contributed by atoms with Crippen molar-refractivity contribution in [2.75, 3.05) is 38.1 Å². The summed E-state index contributed by atoms with van der Waals surface area (Å²) in [6, 6.07) is 14.3. The summed E-state index contributed by atoms with van der Waals surface area (Å²) in [6.07, 6.45) is 9.37. The summed E-state index contributed by atoms with van der Waals surface area (Å²) in [7, 11) is 2.92. The fourth-order valence-corrected chi connectivity index (χ4v) is 7.50. The van der Waals surface area contributed by atoms with Gasteiger partial charge in [0.2, 0.25) is 0 Å². The Bertz CT molecular complexity index is 929. The molecule has 2 aromatic carbocycles. The Kier molecular flexibility index (Phi) is 10.2. The van der Waals surface area contributed by atoms with E-state index in [-0.39, 0.29) is 0 Å². The summed E-state index contributed by atoms with van der Waals surface area (Å²) in [5.41, 5.74) is 2.80. The van der Waals surface area contributed by atoms with Crippen LogP contribution >= 0.6 is 0 Å². The van der Waals surface area contributed by atoms with E-state index in [2.05, 4.69) is 36.9 Å². The SMILES string of the molecule is CCCCC(C=O)(CCCC)C[SH](C)(=O)c1ccc(N(C)C)cc1Cc1ccc(OC)cc1. The Hall–Kier alpha value is -2.14. The normalized spacial score (nSPS) is 12.4. The van der Waals surface area contributed by atoms with Crippen molar-refractivity contribution >= 4 is 21.9 Å². The van der Waals surface area contributed by atoms with Gasteiger partial charge < -0.3 is 14.4 Å². The fraction of sp³-hybridized carbons (Fsp3) is 0.536. The topological polar surface area (TPSA) is 46.6 Å². The van der Waals surface area contributed by atoms with Crippen molar-refractivity contribution in [2.24, 2.45) is 5.41 Å². The molecule has 0 aliphatic rings. The summed E-state index contributed by atoms with van der Waals surface area (Å²) in [5.74, 6) is 1.27. The maximum Gasteiger partial charge on any atom is 0.126 e. The van der Waals surface area contributed by atoms with Gasteiger partial charge in [0.1, 0.15) is 12.0 Å². The summed E-state index contributed by atoms with van der Waals surface area (Å²) in [6.45, 7) is 4.29. The molecule has 0 radical (unpaired) electrons. The number of thiol groups is 1. The van der Waals surface area contributed by atoms with Crippen LogP contribution in [0, 0.1) is 5.41 Å². The van der Waals surface area contributed by atoms with Crippen molar-refractivity contribution in [3.8, 4) is 5.75 Å². The van der Waals surface area contributed by atoms with E-state index in [1.165, 1.54) is 0 Å². The Labute approximate surface area is 202 Å². The van der Waals surface area contributed by atoms with Crippen molar-refractivity contribution in [1.82, 2.24) is 0 Å². The highest BCUT2D eigenvalue weighted by Crippen LogP contribution is 2.37. The summed E-state index contributed by atoms with van der Waals surface area (Å²) in [5, 5.41) is 0. The van der Waals surface area contributed by atoms with E-state index >= 15 is 0 Å². The first-order valence-electron chi connectivity index (χ1n) is 12.2. The summed E-state index contributed by atoms with van der Waals surface area (Å²) in [4.78, 5) is 15.4. The minimum absolute atomic E-state index is 0.445. The van der Waals surface area contributed by atoms with Crippen molar-refractivity contribution in [3.63, 3.8) is 0 Å². The van der Waals surface area contributed by atoms with Gasteiger partial charge in [-0.25, -0.2) is 0 Å². The van der Waals surface area contributed by atoms with Crippen LogP contribution in [-0.4, -0.2) is 43.7 Å². The largest absolute Gasteiger partial charge is 0.497 e. The van der Waals surface area contributed by atoms with Gasteiger partial charge in [-0.05, 0) is 67.0 Å². The molecule has 33 heavy (non-hydrogen) atoms. The molecule has 0 N–H and O–H groups in total. The van der Waals surface area contributed by atoms with E-state index in [1.54, 1.807) is 7.11 Å². The van der Waals surface area contributed by atoms with Crippen LogP contribution in [0.5, 0.6) is 5.75 Å². The van der Waals surface area contributed by atoms with Crippen LogP contribution in [0.15, 0.2) is 47.4 Å². The first-order valence-corrected chi connectivity index (χ1v) is 14.5. The predicted molar refractivity (Wildman–Crippen MR) is 143 cm³/mol. The molecule has 4 nitrogen and oxygen atoms in total. The molecule has 0 saturated heterocycles. The number of anilines is 1. The highest BCUT2D eigenvalue weighted by atomic mass is 32.2. The number of nitrogens with zero attached hydrogens (tertiary/aromatic N) is 1. The second-order valence-corrected chi connectivity index (χ2v) is 12.7. The van der Waals surface area contributed by atoms with Crippen molar-refractivity contribution in [3.05, 3.63) is 53.6 Å². The maximum atomic E-state index is 14.3. The quantitative estimate of drug-likeness (QED) is 0.273. The number of rotatable bonds is 14. The number of aldehydes is 1. The van der Waals surface area contributed by atoms with E-state index in [0.717, 1.165) is 72.3 Å². The van der Waals surface area contributed by atoms with E-state index in [1.807, 2.05) is 44.6 Å². The van der Waals surface area contributed by atoms with Crippen LogP contribution in [0.1, 0.15) is 63.5 Å². The molecule has 2 rings (SSSR count). The fourth-order valence-electron chi connectivity index (χ4n) is 4.60. The molecule has 0 unspecified atom stereocenters. The van der Waals surface area contributed by atoms with Gasteiger partial charge in [-0.2, -0.15) is 0 Å². The zero-order valence-electron chi connectivity index (χ0n) is 21.4. The lowest BCUT2D eigenvalue weighted by Gasteiger charge is -2.35. The number of hydrogen-bond donors (Lipinski definition) is 1. The monoisotopic (exact) mass is 473 g/mol. The lowest BCUT2D eigenvalue weighted by molar-refractivity contribution is -0.116. The first-order chi connectivity index (χ1) is 15.7. The molecule has 0 bridgehead atoms. The van der Waals surface area contributed by atoms with E-state index in [0.29, 0.717) is 12.2 Å². The van der Waals surface area contributed by atoms with Crippen molar-refractivity contribution < 1.29 is 13.7 Å². The second kappa shape index (κ2) is 12.4. The average Bonchev–Trinajstić information content (AvgIpc) is 2.81. The highest BCUT2D eigenvalue weighted by Gasteiger charge is 2.34. The zero-order valence-corrected chi connectivity index (χ0v) is 22.3. The van der Waals surface area contributed by atoms with Crippen molar-refractivity contribution in [1.29, 1.82) is 0 Å². The molecule has 0 spiro atoms. The van der Waals surface area contributed by atoms with Gasteiger partial charge >= 0.3 is 0 Å². The van der Waals surface area contributed by atoms with Gasteiger partial charge in [0.15, 0.2) is 0 Å². The lowest BCUT2D eigenvalue weighted by atomic mass is 9.81. The molecule has 0 saturated carbocycles. The van der Waals surface area contributed by atoms with Crippen LogP contribution in [0.25, 0.3) is 0 Å². The molecule has 0 atom stereocenters. The Balaban J connectivity index is 2.47. The molecule has 184 valence electrons. The lowest BCUT2D eigenvalue weighted by Crippen LogP contribution is -2.35. The van der Waals surface area contributed by atoms with Crippen LogP contribution in [0.3, 0.4) is 0 Å². The first kappa shape index (κ1) is 27.1. The van der Waals surface area contributed by atoms with Crippen LogP contribution in [-0.2, 0) is 21.1 Å². The minimum atomic E-state index is -2.78. The van der Waals surface area contributed by atoms with Crippen LogP contribution in [0.2, 0.25) is 0 Å². The summed E-state index contributed by atoms with van der Waals surface area (Å²) < 4.78 is 19.6. The molecule has 5 heteroatoms. The number of carbonyl (C=O) groups excluding carboxylic acids is 1. The van der Waals surface area contributed by atoms with Gasteiger partial charge in [0.25, 0.3) is 0 Å².